The van der Waals surface area contributed by atoms with Gasteiger partial charge >= 0.3 is 0 Å². The predicted molar refractivity (Wildman–Crippen MR) is 99.0 cm³/mol. The molecule has 0 aromatic heterocycles. The van der Waals surface area contributed by atoms with Crippen LogP contribution >= 0.6 is 0 Å². The van der Waals surface area contributed by atoms with E-state index in [1.807, 2.05) is 35.8 Å². The van der Waals surface area contributed by atoms with Crippen LogP contribution in [0.2, 0.25) is 0 Å². The van der Waals surface area contributed by atoms with E-state index in [2.05, 4.69) is 0 Å². The summed E-state index contributed by atoms with van der Waals surface area (Å²) < 4.78 is 32.3. The van der Waals surface area contributed by atoms with Crippen molar-refractivity contribution in [1.29, 1.82) is 0 Å². The molecule has 0 aliphatic heterocycles. The van der Waals surface area contributed by atoms with Gasteiger partial charge in [-0.3, -0.25) is 10.2 Å². The molecule has 26 heavy (non-hydrogen) atoms. The van der Waals surface area contributed by atoms with E-state index in [-0.39, 0.29) is 18.0 Å². The fourth-order valence-electron chi connectivity index (χ4n) is 2.55. The Balaban J connectivity index is 2.29. The van der Waals surface area contributed by atoms with Crippen LogP contribution in [0, 0.1) is 6.92 Å². The van der Waals surface area contributed by atoms with Gasteiger partial charge in [0.05, 0.1) is 18.6 Å². The largest absolute Gasteiger partial charge is 0.496 e. The van der Waals surface area contributed by atoms with Crippen molar-refractivity contribution in [3.05, 3.63) is 59.7 Å². The fraction of sp³-hybridized carbons (Fsp3) is 0.278. The number of carbonyl (C=O) groups is 1. The van der Waals surface area contributed by atoms with E-state index in [0.717, 1.165) is 9.87 Å². The maximum atomic E-state index is 13.0. The molecule has 0 saturated carbocycles. The quantitative estimate of drug-likeness (QED) is 0.409. The number of carbonyl (C=O) groups excluding carboxylic acids is 1. The van der Waals surface area contributed by atoms with Crippen LogP contribution in [0.5, 0.6) is 5.75 Å². The van der Waals surface area contributed by atoms with Crippen LogP contribution < -0.4 is 16.0 Å². The molecule has 7 nitrogen and oxygen atoms in total. The SMILES string of the molecule is COc1ccc(S(=O)(=O)N(CCc2ccccc2)CC(=O)NN)cc1C. The lowest BCUT2D eigenvalue weighted by Gasteiger charge is -2.22. The molecule has 8 heteroatoms. The van der Waals surface area contributed by atoms with Crippen molar-refractivity contribution < 1.29 is 17.9 Å². The van der Waals surface area contributed by atoms with Crippen LogP contribution in [0.25, 0.3) is 0 Å². The summed E-state index contributed by atoms with van der Waals surface area (Å²) in [6.07, 6.45) is 0.479. The van der Waals surface area contributed by atoms with Crippen LogP contribution in [0.4, 0.5) is 0 Å². The third-order valence-corrected chi connectivity index (χ3v) is 5.82. The molecule has 0 atom stereocenters. The molecule has 3 N–H and O–H groups in total. The minimum Gasteiger partial charge on any atom is -0.496 e. The van der Waals surface area contributed by atoms with Gasteiger partial charge in [0.25, 0.3) is 0 Å². The molecule has 0 unspecified atom stereocenters. The van der Waals surface area contributed by atoms with Gasteiger partial charge in [-0.15, -0.1) is 0 Å². The predicted octanol–water partition coefficient (Wildman–Crippen LogP) is 1.23. The number of methoxy groups -OCH3 is 1. The molecule has 2 rings (SSSR count). The lowest BCUT2D eigenvalue weighted by molar-refractivity contribution is -0.121. The summed E-state index contributed by atoms with van der Waals surface area (Å²) in [6.45, 7) is 1.57. The fourth-order valence-corrected chi connectivity index (χ4v) is 4.03. The first-order valence-corrected chi connectivity index (χ1v) is 9.50. The second kappa shape index (κ2) is 8.79. The molecule has 0 fully saturated rings. The number of amides is 1. The van der Waals surface area contributed by atoms with Crippen molar-refractivity contribution in [2.45, 2.75) is 18.2 Å². The molecule has 2 aromatic carbocycles. The monoisotopic (exact) mass is 377 g/mol. The highest BCUT2D eigenvalue weighted by molar-refractivity contribution is 7.89. The van der Waals surface area contributed by atoms with Crippen molar-refractivity contribution in [2.75, 3.05) is 20.2 Å². The first-order chi connectivity index (χ1) is 12.4. The second-order valence-electron chi connectivity index (χ2n) is 5.77. The molecule has 0 aliphatic carbocycles. The summed E-state index contributed by atoms with van der Waals surface area (Å²) >= 11 is 0. The number of hydrazine groups is 1. The Hall–Kier alpha value is -2.42. The molecule has 140 valence electrons. The molecule has 1 amide bonds. The molecule has 0 saturated heterocycles. The Kier molecular flexibility index (Phi) is 6.73. The van der Waals surface area contributed by atoms with E-state index < -0.39 is 15.9 Å². The van der Waals surface area contributed by atoms with E-state index >= 15 is 0 Å². The molecule has 0 bridgehead atoms. The Morgan fingerprint density at radius 1 is 1.19 bits per heavy atom. The van der Waals surface area contributed by atoms with Gasteiger partial charge < -0.3 is 4.74 Å². The van der Waals surface area contributed by atoms with Crippen molar-refractivity contribution in [2.24, 2.45) is 5.84 Å². The average Bonchev–Trinajstić information content (AvgIpc) is 2.65. The summed E-state index contributed by atoms with van der Waals surface area (Å²) in [6, 6.07) is 14.1. The van der Waals surface area contributed by atoms with Gasteiger partial charge in [-0.1, -0.05) is 30.3 Å². The zero-order valence-electron chi connectivity index (χ0n) is 14.8. The normalized spacial score (nSPS) is 11.4. The lowest BCUT2D eigenvalue weighted by atomic mass is 10.1. The molecule has 0 spiro atoms. The van der Waals surface area contributed by atoms with Crippen molar-refractivity contribution >= 4 is 15.9 Å². The molecule has 2 aromatic rings. The van der Waals surface area contributed by atoms with Crippen LogP contribution in [0.1, 0.15) is 11.1 Å². The van der Waals surface area contributed by atoms with E-state index in [1.165, 1.54) is 19.2 Å². The molecular formula is C18H23N3O4S. The topological polar surface area (TPSA) is 102 Å². The Morgan fingerprint density at radius 2 is 1.88 bits per heavy atom. The van der Waals surface area contributed by atoms with E-state index in [9.17, 15) is 13.2 Å². The van der Waals surface area contributed by atoms with Gasteiger partial charge in [-0.25, -0.2) is 14.3 Å². The maximum absolute atomic E-state index is 13.0. The minimum absolute atomic E-state index is 0.105. The number of benzene rings is 2. The Labute approximate surface area is 153 Å². The maximum Gasteiger partial charge on any atom is 0.249 e. The lowest BCUT2D eigenvalue weighted by Crippen LogP contribution is -2.43. The number of nitrogens with zero attached hydrogens (tertiary/aromatic N) is 1. The Bertz CT molecular complexity index is 854. The number of sulfonamides is 1. The smallest absolute Gasteiger partial charge is 0.249 e. The number of aryl methyl sites for hydroxylation is 1. The highest BCUT2D eigenvalue weighted by atomic mass is 32.2. The third kappa shape index (κ3) is 4.81. The van der Waals surface area contributed by atoms with E-state index in [4.69, 9.17) is 10.6 Å². The average molecular weight is 377 g/mol. The van der Waals surface area contributed by atoms with Gasteiger partial charge in [0.1, 0.15) is 5.75 Å². The number of hydrogen-bond donors (Lipinski definition) is 2. The second-order valence-corrected chi connectivity index (χ2v) is 7.71. The molecular weight excluding hydrogens is 354 g/mol. The summed E-state index contributed by atoms with van der Waals surface area (Å²) in [5, 5.41) is 0. The number of rotatable bonds is 8. The van der Waals surface area contributed by atoms with Gasteiger partial charge in [0, 0.05) is 6.54 Å². The first-order valence-electron chi connectivity index (χ1n) is 8.06. The number of nitrogens with two attached hydrogens (primary N) is 1. The van der Waals surface area contributed by atoms with E-state index in [0.29, 0.717) is 17.7 Å². The van der Waals surface area contributed by atoms with Crippen LogP contribution in [0.15, 0.2) is 53.4 Å². The Morgan fingerprint density at radius 3 is 2.46 bits per heavy atom. The molecule has 0 aliphatic rings. The zero-order valence-corrected chi connectivity index (χ0v) is 15.6. The molecule has 0 heterocycles. The van der Waals surface area contributed by atoms with Gasteiger partial charge in [-0.05, 0) is 42.7 Å². The van der Waals surface area contributed by atoms with E-state index in [1.54, 1.807) is 13.0 Å². The number of ether oxygens (including phenoxy) is 1. The third-order valence-electron chi connectivity index (χ3n) is 3.98. The number of hydrogen-bond acceptors (Lipinski definition) is 5. The molecule has 0 radical (unpaired) electrons. The van der Waals surface area contributed by atoms with Crippen LogP contribution in [-0.2, 0) is 21.2 Å². The first kappa shape index (κ1) is 19.9. The van der Waals surface area contributed by atoms with Gasteiger partial charge in [-0.2, -0.15) is 4.31 Å². The van der Waals surface area contributed by atoms with Gasteiger partial charge in [0.2, 0.25) is 15.9 Å². The number of nitrogens with one attached hydrogen (secondary N) is 1. The zero-order chi connectivity index (χ0) is 19.2. The summed E-state index contributed by atoms with van der Waals surface area (Å²) in [7, 11) is -2.34. The summed E-state index contributed by atoms with van der Waals surface area (Å²) in [4.78, 5) is 11.8. The van der Waals surface area contributed by atoms with Gasteiger partial charge in [0.15, 0.2) is 0 Å². The van der Waals surface area contributed by atoms with Crippen LogP contribution in [0.3, 0.4) is 0 Å². The van der Waals surface area contributed by atoms with Crippen molar-refractivity contribution in [3.8, 4) is 5.75 Å². The highest BCUT2D eigenvalue weighted by Crippen LogP contribution is 2.24. The van der Waals surface area contributed by atoms with Crippen molar-refractivity contribution in [1.82, 2.24) is 9.73 Å². The minimum atomic E-state index is -3.86. The van der Waals surface area contributed by atoms with Crippen molar-refractivity contribution in [3.63, 3.8) is 0 Å². The standard InChI is InChI=1S/C18H23N3O4S/c1-14-12-16(8-9-17(14)25-2)26(23,24)21(13-18(22)20-19)11-10-15-6-4-3-5-7-15/h3-9,12H,10-11,13,19H2,1-2H3,(H,20,22). The summed E-state index contributed by atoms with van der Waals surface area (Å²) in [5.41, 5.74) is 3.65. The highest BCUT2D eigenvalue weighted by Gasteiger charge is 2.26. The van der Waals surface area contributed by atoms with Crippen LogP contribution in [-0.4, -0.2) is 38.8 Å². The summed E-state index contributed by atoms with van der Waals surface area (Å²) in [5.74, 6) is 5.15.